The molecule has 0 N–H and O–H groups in total. The summed E-state index contributed by atoms with van der Waals surface area (Å²) < 4.78 is 19.3. The van der Waals surface area contributed by atoms with Crippen LogP contribution in [-0.2, 0) is 10.8 Å². The summed E-state index contributed by atoms with van der Waals surface area (Å²) in [6.07, 6.45) is 0. The lowest BCUT2D eigenvalue weighted by atomic mass is 9.79. The average Bonchev–Trinajstić information content (AvgIpc) is 4.00. The molecule has 322 valence electrons. The molecular weight excluding hydrogens is 815 g/mol. The van der Waals surface area contributed by atoms with Gasteiger partial charge in [0.2, 0.25) is 0 Å². The number of hydrogen-bond acceptors (Lipinski definition) is 2. The maximum atomic E-state index is 8.33. The summed E-state index contributed by atoms with van der Waals surface area (Å²) in [5.74, 6) is 0. The van der Waals surface area contributed by atoms with Crippen molar-refractivity contribution in [2.24, 2.45) is 0 Å². The van der Waals surface area contributed by atoms with Crippen molar-refractivity contribution in [1.29, 1.82) is 0 Å². The number of aromatic nitrogens is 1. The summed E-state index contributed by atoms with van der Waals surface area (Å²) >= 11 is 0. The molecule has 2 heterocycles. The predicted molar refractivity (Wildman–Crippen MR) is 284 cm³/mol. The van der Waals surface area contributed by atoms with Crippen molar-refractivity contribution >= 4 is 63.7 Å². The minimum atomic E-state index is -1.51. The lowest BCUT2D eigenvalue weighted by Gasteiger charge is -2.29. The molecule has 0 atom stereocenters. The van der Waals surface area contributed by atoms with Crippen LogP contribution in [-0.4, -0.2) is 12.5 Å². The SMILES string of the molecule is [2H]c1ccc(N(c2ccc(C)cc2)c2ccc3c(c2)C(C)(C)c2c-3n3c4c(c5cc(-c6ccccc6)cc2c53)C(C)(C)c2cc(N(c3ccc([2H])cc3)c3ccc([Si](C)(C)C)cc3)ccc2-4)cc1. The Morgan fingerprint density at radius 1 is 0.455 bits per heavy atom. The van der Waals surface area contributed by atoms with Crippen LogP contribution in [0.3, 0.4) is 0 Å². The summed E-state index contributed by atoms with van der Waals surface area (Å²) in [6, 6.07) is 64.8. The van der Waals surface area contributed by atoms with Gasteiger partial charge in [-0.2, -0.15) is 0 Å². The zero-order chi connectivity index (χ0) is 47.0. The van der Waals surface area contributed by atoms with Crippen molar-refractivity contribution in [2.75, 3.05) is 9.80 Å². The summed E-state index contributed by atoms with van der Waals surface area (Å²) in [5, 5.41) is 4.06. The van der Waals surface area contributed by atoms with Crippen molar-refractivity contribution in [2.45, 2.75) is 65.1 Å². The van der Waals surface area contributed by atoms with Crippen LogP contribution in [0.25, 0.3) is 49.9 Å². The summed E-state index contributed by atoms with van der Waals surface area (Å²) in [6.45, 7) is 19.0. The van der Waals surface area contributed by atoms with E-state index in [1.54, 1.807) is 0 Å². The molecule has 3 nitrogen and oxygen atoms in total. The van der Waals surface area contributed by atoms with E-state index in [9.17, 15) is 0 Å². The van der Waals surface area contributed by atoms with Crippen molar-refractivity contribution in [3.05, 3.63) is 216 Å². The number of para-hydroxylation sites is 2. The third kappa shape index (κ3) is 5.94. The first-order valence-electron chi connectivity index (χ1n) is 24.3. The number of nitrogens with zero attached hydrogens (tertiary/aromatic N) is 3. The second kappa shape index (κ2) is 14.4. The number of hydrogen-bond donors (Lipinski definition) is 0. The smallest absolute Gasteiger partial charge is 0.0775 e. The normalized spacial score (nSPS) is 14.7. The molecule has 4 heteroatoms. The lowest BCUT2D eigenvalue weighted by molar-refractivity contribution is 0.664. The molecule has 0 saturated heterocycles. The molecule has 2 aromatic heterocycles. The monoisotopic (exact) mass is 871 g/mol. The van der Waals surface area contributed by atoms with Crippen molar-refractivity contribution in [1.82, 2.24) is 4.40 Å². The van der Waals surface area contributed by atoms with Gasteiger partial charge in [0, 0.05) is 66.9 Å². The highest BCUT2D eigenvalue weighted by atomic mass is 28.3. The predicted octanol–water partition coefficient (Wildman–Crippen LogP) is 16.6. The van der Waals surface area contributed by atoms with Gasteiger partial charge in [-0.05, 0) is 125 Å². The molecule has 12 rings (SSSR count). The van der Waals surface area contributed by atoms with E-state index < -0.39 is 8.07 Å². The zero-order valence-corrected chi connectivity index (χ0v) is 40.1. The van der Waals surface area contributed by atoms with Gasteiger partial charge in [0.15, 0.2) is 0 Å². The topological polar surface area (TPSA) is 10.9 Å². The molecule has 0 radical (unpaired) electrons. The van der Waals surface area contributed by atoms with E-state index in [1.165, 1.54) is 82.9 Å². The molecule has 0 unspecified atom stereocenters. The van der Waals surface area contributed by atoms with Gasteiger partial charge in [0.25, 0.3) is 0 Å². The number of anilines is 6. The first-order valence-corrected chi connectivity index (χ1v) is 26.8. The van der Waals surface area contributed by atoms with Crippen molar-refractivity contribution in [3.8, 4) is 33.6 Å². The van der Waals surface area contributed by atoms with Crippen LogP contribution < -0.4 is 15.0 Å². The van der Waals surface area contributed by atoms with Gasteiger partial charge < -0.3 is 14.2 Å². The van der Waals surface area contributed by atoms with Crippen LogP contribution in [0.1, 0.15) is 58.3 Å². The molecule has 0 spiro atoms. The van der Waals surface area contributed by atoms with Gasteiger partial charge in [0.05, 0.1) is 27.7 Å². The fourth-order valence-corrected chi connectivity index (χ4v) is 12.6. The Bertz CT molecular complexity index is 3560. The Hall–Kier alpha value is -7.14. The number of rotatable bonds is 8. The molecule has 0 aliphatic heterocycles. The molecular formula is C62H55N3Si. The molecule has 0 amide bonds. The van der Waals surface area contributed by atoms with Crippen LogP contribution in [0.15, 0.2) is 188 Å². The molecule has 10 aromatic rings. The first-order chi connectivity index (χ1) is 32.6. The molecule has 2 aliphatic rings. The van der Waals surface area contributed by atoms with Gasteiger partial charge in [-0.1, -0.05) is 161 Å². The molecule has 0 bridgehead atoms. The number of fused-ring (bicyclic) bond motifs is 10. The van der Waals surface area contributed by atoms with E-state index in [2.05, 4.69) is 220 Å². The maximum absolute atomic E-state index is 8.33. The fraction of sp³-hybridized carbons (Fsp3) is 0.161. The van der Waals surface area contributed by atoms with Crippen LogP contribution in [0.2, 0.25) is 19.6 Å². The zero-order valence-electron chi connectivity index (χ0n) is 41.1. The Labute approximate surface area is 393 Å². The van der Waals surface area contributed by atoms with Crippen LogP contribution in [0.4, 0.5) is 34.1 Å². The van der Waals surface area contributed by atoms with Crippen LogP contribution >= 0.6 is 0 Å². The van der Waals surface area contributed by atoms with Crippen molar-refractivity contribution in [3.63, 3.8) is 0 Å². The molecule has 66 heavy (non-hydrogen) atoms. The second-order valence-electron chi connectivity index (χ2n) is 20.6. The molecule has 8 aromatic carbocycles. The lowest BCUT2D eigenvalue weighted by Crippen LogP contribution is -2.37. The number of aryl methyl sites for hydroxylation is 1. The quantitative estimate of drug-likeness (QED) is 0.141. The van der Waals surface area contributed by atoms with E-state index in [-0.39, 0.29) is 10.8 Å². The minimum Gasteiger partial charge on any atom is -0.310 e. The largest absolute Gasteiger partial charge is 0.310 e. The summed E-state index contributed by atoms with van der Waals surface area (Å²) in [7, 11) is -1.51. The van der Waals surface area contributed by atoms with E-state index in [4.69, 9.17) is 2.74 Å². The highest BCUT2D eigenvalue weighted by molar-refractivity contribution is 6.88. The summed E-state index contributed by atoms with van der Waals surface area (Å²) in [4.78, 5) is 4.69. The second-order valence-corrected chi connectivity index (χ2v) is 25.7. The summed E-state index contributed by atoms with van der Waals surface area (Å²) in [5.41, 5.74) is 21.3. The van der Waals surface area contributed by atoms with Gasteiger partial charge in [-0.3, -0.25) is 0 Å². The Morgan fingerprint density at radius 2 is 0.879 bits per heavy atom. The maximum Gasteiger partial charge on any atom is 0.0775 e. The third-order valence-corrected chi connectivity index (χ3v) is 16.8. The van der Waals surface area contributed by atoms with E-state index in [1.807, 2.05) is 24.3 Å². The van der Waals surface area contributed by atoms with Crippen LogP contribution in [0, 0.1) is 6.92 Å². The van der Waals surface area contributed by atoms with Gasteiger partial charge in [0.1, 0.15) is 0 Å². The van der Waals surface area contributed by atoms with Crippen LogP contribution in [0.5, 0.6) is 0 Å². The average molecular weight is 872 g/mol. The highest BCUT2D eigenvalue weighted by Gasteiger charge is 2.47. The third-order valence-electron chi connectivity index (χ3n) is 14.7. The first kappa shape index (κ1) is 38.2. The molecule has 2 aliphatic carbocycles. The standard InChI is InChI=1S/C62H55N3Si/c1-40-24-26-45(27-25-40)63(43-20-14-10-15-21-43)47-30-34-50-54(38-47)61(2,3)56-52-36-42(41-18-12-9-13-19-41)37-53-57-60(65(58(52)53)59(50)56)51-35-31-48(39-55(51)62(57,4)5)64(44-22-16-11-17-23-44)46-28-32-49(33-29-46)66(6,7)8/h9-39H,1-8H3/i10D,11D. The van der Waals surface area contributed by atoms with E-state index in [0.717, 1.165) is 34.1 Å². The Kier molecular flexibility index (Phi) is 8.34. The fourth-order valence-electron chi connectivity index (χ4n) is 11.5. The minimum absolute atomic E-state index is 0.320. The van der Waals surface area contributed by atoms with E-state index in [0.29, 0.717) is 12.1 Å². The number of benzene rings is 8. The van der Waals surface area contributed by atoms with Gasteiger partial charge in [-0.25, -0.2) is 0 Å². The molecule has 0 saturated carbocycles. The van der Waals surface area contributed by atoms with E-state index >= 15 is 0 Å². The Morgan fingerprint density at radius 3 is 1.33 bits per heavy atom. The highest BCUT2D eigenvalue weighted by Crippen LogP contribution is 2.61. The van der Waals surface area contributed by atoms with Gasteiger partial charge in [-0.15, -0.1) is 0 Å². The van der Waals surface area contributed by atoms with Crippen molar-refractivity contribution < 1.29 is 2.74 Å². The van der Waals surface area contributed by atoms with Gasteiger partial charge >= 0.3 is 0 Å². The molecule has 0 fully saturated rings. The Balaban J connectivity index is 1.09.